The molecule has 0 saturated carbocycles. The molecule has 0 aliphatic heterocycles. The highest BCUT2D eigenvalue weighted by atomic mass is 79.9. The molecule has 0 radical (unpaired) electrons. The molecule has 0 aliphatic rings. The molecule has 22 heavy (non-hydrogen) atoms. The third kappa shape index (κ3) is 3.91. The van der Waals surface area contributed by atoms with Crippen LogP contribution in [0.5, 0.6) is 0 Å². The normalized spacial score (nSPS) is 10.6. The molecule has 0 unspecified atom stereocenters. The summed E-state index contributed by atoms with van der Waals surface area (Å²) >= 11 is 3.11. The van der Waals surface area contributed by atoms with Gasteiger partial charge in [-0.1, -0.05) is 0 Å². The highest BCUT2D eigenvalue weighted by Gasteiger charge is 2.24. The van der Waals surface area contributed by atoms with Gasteiger partial charge in [-0.3, -0.25) is 9.48 Å². The Bertz CT molecular complexity index is 667. The molecule has 9 nitrogen and oxygen atoms in total. The lowest BCUT2D eigenvalue weighted by Gasteiger charge is -2.05. The lowest BCUT2D eigenvalue weighted by molar-refractivity contribution is -0.390. The number of amides is 1. The lowest BCUT2D eigenvalue weighted by atomic mass is 10.4. The molecule has 2 aromatic rings. The summed E-state index contributed by atoms with van der Waals surface area (Å²) < 4.78 is 3.39. The quantitative estimate of drug-likeness (QED) is 0.448. The Balaban J connectivity index is 1.82. The van der Waals surface area contributed by atoms with Gasteiger partial charge in [-0.25, -0.2) is 0 Å². The van der Waals surface area contributed by atoms with Crippen molar-refractivity contribution in [3.8, 4) is 0 Å². The Labute approximate surface area is 134 Å². The summed E-state index contributed by atoms with van der Waals surface area (Å²) in [7, 11) is 0. The first-order valence-electron chi connectivity index (χ1n) is 6.60. The second-order valence-electron chi connectivity index (χ2n) is 4.61. The number of nitro groups is 1. The Morgan fingerprint density at radius 1 is 1.55 bits per heavy atom. The topological polar surface area (TPSA) is 108 Å². The second-order valence-corrected chi connectivity index (χ2v) is 5.40. The lowest BCUT2D eigenvalue weighted by Crippen LogP contribution is -2.29. The highest BCUT2D eigenvalue weighted by Crippen LogP contribution is 2.26. The van der Waals surface area contributed by atoms with Gasteiger partial charge in [0.25, 0.3) is 0 Å². The van der Waals surface area contributed by atoms with Gasteiger partial charge in [-0.2, -0.15) is 9.78 Å². The monoisotopic (exact) mass is 370 g/mol. The molecule has 1 N–H and O–H groups in total. The molecule has 0 bridgehead atoms. The van der Waals surface area contributed by atoms with Crippen molar-refractivity contribution in [3.63, 3.8) is 0 Å². The van der Waals surface area contributed by atoms with Crippen LogP contribution in [0.1, 0.15) is 12.1 Å². The number of carbonyl (C=O) groups excluding carboxylic acids is 1. The maximum atomic E-state index is 11.8. The number of nitrogens with one attached hydrogen (secondary N) is 1. The van der Waals surface area contributed by atoms with Crippen LogP contribution in [0.25, 0.3) is 0 Å². The fraction of sp³-hybridized carbons (Fsp3) is 0.417. The van der Waals surface area contributed by atoms with E-state index in [0.717, 1.165) is 6.42 Å². The zero-order valence-corrected chi connectivity index (χ0v) is 13.5. The minimum Gasteiger partial charge on any atom is -0.358 e. The summed E-state index contributed by atoms with van der Waals surface area (Å²) in [6, 6.07) is 1.84. The van der Waals surface area contributed by atoms with E-state index in [2.05, 4.69) is 31.4 Å². The summed E-state index contributed by atoms with van der Waals surface area (Å²) in [4.78, 5) is 22.0. The standard InChI is InChI=1S/C12H15BrN6O3/c1-9-11(13)12(19(21)22)16-18(9)8-10(20)14-4-2-6-17-7-3-5-15-17/h3,5,7H,2,4,6,8H2,1H3,(H,14,20). The van der Waals surface area contributed by atoms with E-state index in [-0.39, 0.29) is 18.3 Å². The van der Waals surface area contributed by atoms with Crippen LogP contribution in [0.3, 0.4) is 0 Å². The van der Waals surface area contributed by atoms with E-state index in [1.807, 2.05) is 12.3 Å². The van der Waals surface area contributed by atoms with Gasteiger partial charge in [-0.05, 0) is 40.3 Å². The van der Waals surface area contributed by atoms with Gasteiger partial charge in [0.15, 0.2) is 0 Å². The van der Waals surface area contributed by atoms with E-state index in [4.69, 9.17) is 0 Å². The summed E-state index contributed by atoms with van der Waals surface area (Å²) in [5.74, 6) is -0.530. The van der Waals surface area contributed by atoms with E-state index in [0.29, 0.717) is 23.3 Å². The fourth-order valence-electron chi connectivity index (χ4n) is 1.87. The third-order valence-electron chi connectivity index (χ3n) is 3.03. The molecule has 0 aromatic carbocycles. The van der Waals surface area contributed by atoms with Gasteiger partial charge >= 0.3 is 5.82 Å². The molecule has 10 heteroatoms. The smallest absolute Gasteiger partial charge is 0.358 e. The minimum absolute atomic E-state index is 0.0555. The number of rotatable bonds is 7. The first-order valence-corrected chi connectivity index (χ1v) is 7.39. The molecular formula is C12H15BrN6O3. The van der Waals surface area contributed by atoms with Gasteiger partial charge < -0.3 is 15.4 Å². The Kier molecular flexibility index (Phi) is 5.26. The fourth-order valence-corrected chi connectivity index (χ4v) is 2.30. The van der Waals surface area contributed by atoms with Crippen LogP contribution < -0.4 is 5.32 Å². The molecule has 0 fully saturated rings. The van der Waals surface area contributed by atoms with Crippen LogP contribution >= 0.6 is 15.9 Å². The summed E-state index contributed by atoms with van der Waals surface area (Å²) in [5, 5.41) is 21.4. The zero-order valence-electron chi connectivity index (χ0n) is 11.9. The van der Waals surface area contributed by atoms with Gasteiger partial charge in [0.2, 0.25) is 5.91 Å². The molecule has 0 atom stereocenters. The molecule has 2 aromatic heterocycles. The Hall–Kier alpha value is -2.23. The van der Waals surface area contributed by atoms with Crippen molar-refractivity contribution in [1.82, 2.24) is 24.9 Å². The molecule has 0 spiro atoms. The average molecular weight is 371 g/mol. The molecule has 1 amide bonds. The first-order chi connectivity index (χ1) is 10.5. The van der Waals surface area contributed by atoms with Gasteiger partial charge in [0, 0.05) is 25.5 Å². The van der Waals surface area contributed by atoms with Crippen LogP contribution in [0.4, 0.5) is 5.82 Å². The number of aryl methyl sites for hydroxylation is 1. The SMILES string of the molecule is Cc1c(Br)c([N+](=O)[O-])nn1CC(=O)NCCCn1cccn1. The summed E-state index contributed by atoms with van der Waals surface area (Å²) in [6.45, 7) is 2.82. The number of hydrogen-bond acceptors (Lipinski definition) is 5. The van der Waals surface area contributed by atoms with Gasteiger partial charge in [-0.15, -0.1) is 0 Å². The van der Waals surface area contributed by atoms with E-state index in [1.54, 1.807) is 17.8 Å². The van der Waals surface area contributed by atoms with Crippen LogP contribution in [-0.2, 0) is 17.9 Å². The number of nitrogens with zero attached hydrogens (tertiary/aromatic N) is 5. The van der Waals surface area contributed by atoms with Crippen molar-refractivity contribution >= 4 is 27.7 Å². The third-order valence-corrected chi connectivity index (χ3v) is 3.96. The maximum Gasteiger partial charge on any atom is 0.404 e. The van der Waals surface area contributed by atoms with Crippen molar-refractivity contribution in [1.29, 1.82) is 0 Å². The van der Waals surface area contributed by atoms with E-state index in [1.165, 1.54) is 4.68 Å². The van der Waals surface area contributed by atoms with Crippen molar-refractivity contribution < 1.29 is 9.72 Å². The molecule has 0 aliphatic carbocycles. The minimum atomic E-state index is -0.588. The molecule has 2 heterocycles. The van der Waals surface area contributed by atoms with Gasteiger partial charge in [0.05, 0.1) is 10.8 Å². The van der Waals surface area contributed by atoms with Crippen molar-refractivity contribution in [2.75, 3.05) is 6.54 Å². The van der Waals surface area contributed by atoms with E-state index >= 15 is 0 Å². The Morgan fingerprint density at radius 2 is 2.32 bits per heavy atom. The highest BCUT2D eigenvalue weighted by molar-refractivity contribution is 9.10. The van der Waals surface area contributed by atoms with Crippen LogP contribution in [-0.4, -0.2) is 36.9 Å². The number of halogens is 1. The van der Waals surface area contributed by atoms with E-state index < -0.39 is 4.92 Å². The number of hydrogen-bond donors (Lipinski definition) is 1. The van der Waals surface area contributed by atoms with Crippen molar-refractivity contribution in [2.45, 2.75) is 26.4 Å². The number of aromatic nitrogens is 4. The first kappa shape index (κ1) is 16.1. The zero-order chi connectivity index (χ0) is 16.1. The molecule has 2 rings (SSSR count). The van der Waals surface area contributed by atoms with Crippen molar-refractivity contribution in [2.24, 2.45) is 0 Å². The van der Waals surface area contributed by atoms with Gasteiger partial charge in [0.1, 0.15) is 11.0 Å². The molecule has 0 saturated heterocycles. The second kappa shape index (κ2) is 7.16. The predicted octanol–water partition coefficient (Wildman–Crippen LogP) is 1.27. The van der Waals surface area contributed by atoms with Crippen LogP contribution in [0, 0.1) is 17.0 Å². The molecule has 118 valence electrons. The van der Waals surface area contributed by atoms with Crippen LogP contribution in [0.15, 0.2) is 22.9 Å². The predicted molar refractivity (Wildman–Crippen MR) is 81.2 cm³/mol. The Morgan fingerprint density at radius 3 is 2.91 bits per heavy atom. The maximum absolute atomic E-state index is 11.8. The van der Waals surface area contributed by atoms with E-state index in [9.17, 15) is 14.9 Å². The van der Waals surface area contributed by atoms with Crippen LogP contribution in [0.2, 0.25) is 0 Å². The largest absolute Gasteiger partial charge is 0.404 e. The molecular weight excluding hydrogens is 356 g/mol. The van der Waals surface area contributed by atoms with Crippen molar-refractivity contribution in [3.05, 3.63) is 38.7 Å². The summed E-state index contributed by atoms with van der Waals surface area (Å²) in [5.41, 5.74) is 0.540. The number of carbonyl (C=O) groups is 1. The average Bonchev–Trinajstić information content (AvgIpc) is 3.07. The summed E-state index contributed by atoms with van der Waals surface area (Å²) in [6.07, 6.45) is 4.30.